The zero-order chi connectivity index (χ0) is 41.5. The highest BCUT2D eigenvalue weighted by molar-refractivity contribution is 5.74. The summed E-state index contributed by atoms with van der Waals surface area (Å²) in [5.74, 6) is 2.78. The molecule has 0 aromatic rings. The minimum absolute atomic E-state index is 0.184. The van der Waals surface area contributed by atoms with Crippen LogP contribution in [0.25, 0.3) is 0 Å². The van der Waals surface area contributed by atoms with Gasteiger partial charge in [-0.05, 0) is 135 Å². The molecule has 5 aliphatic carbocycles. The lowest BCUT2D eigenvalue weighted by Gasteiger charge is -2.73. The van der Waals surface area contributed by atoms with Crippen LogP contribution in [0.1, 0.15) is 229 Å². The first-order valence-corrected chi connectivity index (χ1v) is 24.9. The first-order chi connectivity index (χ1) is 27.0. The van der Waals surface area contributed by atoms with E-state index < -0.39 is 18.4 Å². The summed E-state index contributed by atoms with van der Waals surface area (Å²) in [6.45, 7) is 24.2. The molecule has 0 aliphatic heterocycles. The van der Waals surface area contributed by atoms with E-state index in [0.29, 0.717) is 40.4 Å². The van der Waals surface area contributed by atoms with E-state index in [-0.39, 0.29) is 23.5 Å². The molecule has 5 heteroatoms. The van der Waals surface area contributed by atoms with Crippen LogP contribution in [0.5, 0.6) is 0 Å². The predicted molar refractivity (Wildman–Crippen MR) is 237 cm³/mol. The first-order valence-electron chi connectivity index (χ1n) is 24.9. The van der Waals surface area contributed by atoms with Gasteiger partial charge in [-0.25, -0.2) is 4.79 Å². The van der Waals surface area contributed by atoms with Crippen LogP contribution in [-0.2, 0) is 14.3 Å². The van der Waals surface area contributed by atoms with E-state index in [0.717, 1.165) is 37.5 Å². The summed E-state index contributed by atoms with van der Waals surface area (Å²) in [5.41, 5.74) is 2.57. The maximum Gasteiger partial charge on any atom is 0.337 e. The van der Waals surface area contributed by atoms with Crippen molar-refractivity contribution < 1.29 is 24.5 Å². The van der Waals surface area contributed by atoms with Gasteiger partial charge in [-0.1, -0.05) is 157 Å². The quantitative estimate of drug-likeness (QED) is 0.0466. The van der Waals surface area contributed by atoms with E-state index in [1.54, 1.807) is 0 Å². The molecule has 0 aromatic carbocycles. The number of carbonyl (C=O) groups excluding carboxylic acids is 1. The number of esters is 1. The molecule has 12 unspecified atom stereocenters. The maximum atomic E-state index is 13.3. The Morgan fingerprint density at radius 2 is 1.25 bits per heavy atom. The molecule has 0 aromatic heterocycles. The third-order valence-corrected chi connectivity index (χ3v) is 18.7. The van der Waals surface area contributed by atoms with E-state index in [4.69, 9.17) is 9.47 Å². The Hall–Kier alpha value is -0.910. The summed E-state index contributed by atoms with van der Waals surface area (Å²) < 4.78 is 11.8. The van der Waals surface area contributed by atoms with Gasteiger partial charge in [-0.2, -0.15) is 0 Å². The summed E-state index contributed by atoms with van der Waals surface area (Å²) in [5, 5.41) is 21.3. The molecule has 12 atom stereocenters. The van der Waals surface area contributed by atoms with Gasteiger partial charge in [0.1, 0.15) is 6.10 Å². The van der Waals surface area contributed by atoms with Crippen LogP contribution < -0.4 is 0 Å². The first kappa shape index (κ1) is 47.1. The molecule has 0 spiro atoms. The second-order valence-electron chi connectivity index (χ2n) is 22.5. The minimum atomic E-state index is -1.38. The third-order valence-electron chi connectivity index (χ3n) is 18.7. The average Bonchev–Trinajstić information content (AvgIpc) is 3.52. The lowest BCUT2D eigenvalue weighted by molar-refractivity contribution is -0.250. The number of ether oxygens (including phenoxy) is 2. The summed E-state index contributed by atoms with van der Waals surface area (Å²) >= 11 is 0. The molecule has 0 radical (unpaired) electrons. The Kier molecular flexibility index (Phi) is 16.8. The molecule has 2 N–H and O–H groups in total. The third kappa shape index (κ3) is 10.2. The Labute approximate surface area is 352 Å². The Morgan fingerprint density at radius 1 is 0.667 bits per heavy atom. The summed E-state index contributed by atoms with van der Waals surface area (Å²) in [6.07, 6.45) is 31.4. The van der Waals surface area contributed by atoms with Crippen LogP contribution in [0.4, 0.5) is 0 Å². The minimum Gasteiger partial charge on any atom is -0.460 e. The van der Waals surface area contributed by atoms with Crippen LogP contribution in [0.3, 0.4) is 0 Å². The number of rotatable bonds is 23. The molecule has 5 nitrogen and oxygen atoms in total. The van der Waals surface area contributed by atoms with E-state index >= 15 is 0 Å². The van der Waals surface area contributed by atoms with Crippen molar-refractivity contribution in [2.75, 3.05) is 6.61 Å². The highest BCUT2D eigenvalue weighted by Gasteiger charge is 2.70. The van der Waals surface area contributed by atoms with Gasteiger partial charge in [0, 0.05) is 5.41 Å². The van der Waals surface area contributed by atoms with E-state index in [2.05, 4.69) is 62.0 Å². The molecule has 5 aliphatic rings. The van der Waals surface area contributed by atoms with Gasteiger partial charge in [-0.15, -0.1) is 0 Å². The fourth-order valence-electron chi connectivity index (χ4n) is 15.1. The van der Waals surface area contributed by atoms with Gasteiger partial charge in [0.05, 0.1) is 6.61 Å². The largest absolute Gasteiger partial charge is 0.460 e. The Bertz CT molecular complexity index is 1280. The lowest BCUT2D eigenvalue weighted by Crippen LogP contribution is -2.66. The average molecular weight is 797 g/mol. The maximum absolute atomic E-state index is 13.3. The van der Waals surface area contributed by atoms with Crippen molar-refractivity contribution in [2.45, 2.75) is 247 Å². The van der Waals surface area contributed by atoms with Gasteiger partial charge in [0.15, 0.2) is 12.4 Å². The second-order valence-corrected chi connectivity index (χ2v) is 22.5. The molecule has 0 heterocycles. The predicted octanol–water partition coefficient (Wildman–Crippen LogP) is 13.9. The molecular weight excluding hydrogens is 705 g/mol. The lowest BCUT2D eigenvalue weighted by atomic mass is 9.32. The monoisotopic (exact) mass is 797 g/mol. The van der Waals surface area contributed by atoms with Gasteiger partial charge >= 0.3 is 5.97 Å². The number of fused-ring (bicyclic) bond motifs is 7. The SMILES string of the molecule is C=C(C)C1CCC2(C)CCC3(C)C(CCC4C5(C)CCC(OC(=O)C(O)COC(O)CCCCCCCCCCCCCCCCCC)C(C)(C)C5CCC43C)C12. The molecule has 5 fully saturated rings. The Balaban J connectivity index is 1.00. The van der Waals surface area contributed by atoms with Crippen molar-refractivity contribution in [3.8, 4) is 0 Å². The zero-order valence-corrected chi connectivity index (χ0v) is 38.7. The smallest absolute Gasteiger partial charge is 0.337 e. The van der Waals surface area contributed by atoms with Crippen LogP contribution in [-0.4, -0.2) is 41.3 Å². The van der Waals surface area contributed by atoms with Gasteiger partial charge in [-0.3, -0.25) is 0 Å². The van der Waals surface area contributed by atoms with Gasteiger partial charge in [0.25, 0.3) is 0 Å². The number of aliphatic hydroxyl groups excluding tert-OH is 2. The van der Waals surface area contributed by atoms with Crippen molar-refractivity contribution in [1.82, 2.24) is 0 Å². The molecule has 0 saturated heterocycles. The normalized spacial score (nSPS) is 38.0. The number of unbranched alkanes of at least 4 members (excludes halogenated alkanes) is 15. The fraction of sp³-hybridized carbons (Fsp3) is 0.942. The highest BCUT2D eigenvalue weighted by atomic mass is 16.6. The molecule has 0 bridgehead atoms. The molecule has 57 heavy (non-hydrogen) atoms. The van der Waals surface area contributed by atoms with Crippen molar-refractivity contribution in [3.63, 3.8) is 0 Å². The zero-order valence-electron chi connectivity index (χ0n) is 38.7. The van der Waals surface area contributed by atoms with Crippen molar-refractivity contribution in [1.29, 1.82) is 0 Å². The van der Waals surface area contributed by atoms with E-state index in [1.807, 2.05) is 0 Å². The number of allylic oxidation sites excluding steroid dienone is 1. The molecule has 330 valence electrons. The Morgan fingerprint density at radius 3 is 1.82 bits per heavy atom. The van der Waals surface area contributed by atoms with Crippen molar-refractivity contribution >= 4 is 5.97 Å². The van der Waals surface area contributed by atoms with Crippen LogP contribution in [0, 0.1) is 56.7 Å². The van der Waals surface area contributed by atoms with Crippen LogP contribution in [0.15, 0.2) is 12.2 Å². The molecule has 5 rings (SSSR count). The summed E-state index contributed by atoms with van der Waals surface area (Å²) in [4.78, 5) is 13.3. The highest BCUT2D eigenvalue weighted by Crippen LogP contribution is 2.77. The second kappa shape index (κ2) is 20.3. The molecular formula is C52H92O5. The van der Waals surface area contributed by atoms with Gasteiger partial charge in [0.2, 0.25) is 0 Å². The summed E-state index contributed by atoms with van der Waals surface area (Å²) in [7, 11) is 0. The summed E-state index contributed by atoms with van der Waals surface area (Å²) in [6, 6.07) is 0. The fourth-order valence-corrected chi connectivity index (χ4v) is 15.1. The standard InChI is InChI=1S/C52H92O5/c1-10-11-12-13-14-15-16-17-18-19-20-21-22-23-24-25-26-45(54)56-37-41(53)47(55)57-44-31-33-50(7)42(48(44,4)5)30-34-52(9)43(50)28-27-40-46-39(38(2)3)29-32-49(46,6)35-36-51(40,52)8/h39-46,53-54H,2,10-37H2,1,3-9H3. The topological polar surface area (TPSA) is 76.0 Å². The van der Waals surface area contributed by atoms with Crippen LogP contribution in [0.2, 0.25) is 0 Å². The van der Waals surface area contributed by atoms with Crippen molar-refractivity contribution in [3.05, 3.63) is 12.2 Å². The van der Waals surface area contributed by atoms with Crippen molar-refractivity contribution in [2.24, 2.45) is 56.7 Å². The van der Waals surface area contributed by atoms with Crippen LogP contribution >= 0.6 is 0 Å². The van der Waals surface area contributed by atoms with Gasteiger partial charge < -0.3 is 19.7 Å². The number of hydrogen-bond donors (Lipinski definition) is 2. The molecule has 0 amide bonds. The number of hydrogen-bond acceptors (Lipinski definition) is 5. The number of carbonyl (C=O) groups is 1. The van der Waals surface area contributed by atoms with E-state index in [1.165, 1.54) is 147 Å². The number of aliphatic hydroxyl groups is 2. The van der Waals surface area contributed by atoms with E-state index in [9.17, 15) is 15.0 Å². The molecule has 5 saturated carbocycles.